The zero-order valence-electron chi connectivity index (χ0n) is 4.64. The van der Waals surface area contributed by atoms with Crippen LogP contribution in [-0.2, 0) is 4.79 Å². The summed E-state index contributed by atoms with van der Waals surface area (Å²) in [6.45, 7) is 0. The highest BCUT2D eigenvalue weighted by atomic mass is 19.4. The van der Waals surface area contributed by atoms with Gasteiger partial charge in [-0.25, -0.2) is 0 Å². The van der Waals surface area contributed by atoms with Crippen molar-refractivity contribution in [2.45, 2.75) is 6.18 Å². The standard InChI is InChI=1S/C5H2F3NO/c6-5(7,8)4(10)2-1-3-9/h1-2H. The molecule has 10 heavy (non-hydrogen) atoms. The largest absolute Gasteiger partial charge is 0.454 e. The zero-order chi connectivity index (χ0) is 8.20. The first kappa shape index (κ1) is 8.69. The van der Waals surface area contributed by atoms with Gasteiger partial charge in [0.05, 0.1) is 6.07 Å². The molecular weight excluding hydrogens is 147 g/mol. The fourth-order valence-corrected chi connectivity index (χ4v) is 0.207. The van der Waals surface area contributed by atoms with Crippen LogP contribution in [0, 0.1) is 11.3 Å². The van der Waals surface area contributed by atoms with Gasteiger partial charge in [-0.15, -0.1) is 0 Å². The van der Waals surface area contributed by atoms with E-state index in [9.17, 15) is 18.0 Å². The van der Waals surface area contributed by atoms with Gasteiger partial charge in [-0.3, -0.25) is 4.79 Å². The first-order valence-electron chi connectivity index (χ1n) is 2.16. The van der Waals surface area contributed by atoms with Crippen molar-refractivity contribution in [1.29, 1.82) is 5.26 Å². The molecule has 0 unspecified atom stereocenters. The Kier molecular flexibility index (Phi) is 2.62. The maximum Gasteiger partial charge on any atom is 0.454 e. The molecule has 0 fully saturated rings. The molecule has 0 bridgehead atoms. The highest BCUT2D eigenvalue weighted by Gasteiger charge is 2.35. The Morgan fingerprint density at radius 2 is 2.00 bits per heavy atom. The number of alkyl halides is 3. The second-order valence-corrected chi connectivity index (χ2v) is 1.32. The number of nitriles is 1. The minimum atomic E-state index is -4.87. The van der Waals surface area contributed by atoms with E-state index in [1.807, 2.05) is 0 Å². The first-order valence-corrected chi connectivity index (χ1v) is 2.16. The van der Waals surface area contributed by atoms with E-state index in [2.05, 4.69) is 0 Å². The van der Waals surface area contributed by atoms with Crippen LogP contribution in [0.4, 0.5) is 13.2 Å². The topological polar surface area (TPSA) is 40.9 Å². The summed E-state index contributed by atoms with van der Waals surface area (Å²) in [5, 5.41) is 7.72. The van der Waals surface area contributed by atoms with Crippen LogP contribution in [0.15, 0.2) is 12.2 Å². The fraction of sp³-hybridized carbons (Fsp3) is 0.200. The molecule has 0 saturated carbocycles. The molecule has 0 amide bonds. The average Bonchev–Trinajstić information content (AvgIpc) is 1.80. The molecule has 54 valence electrons. The van der Waals surface area contributed by atoms with E-state index in [-0.39, 0.29) is 6.08 Å². The van der Waals surface area contributed by atoms with Gasteiger partial charge in [0.25, 0.3) is 5.78 Å². The molecule has 0 spiro atoms. The Hall–Kier alpha value is -1.31. The normalized spacial score (nSPS) is 11.4. The van der Waals surface area contributed by atoms with Gasteiger partial charge in [0, 0.05) is 12.2 Å². The predicted molar refractivity (Wildman–Crippen MR) is 25.8 cm³/mol. The molecule has 0 aliphatic rings. The Morgan fingerprint density at radius 3 is 2.30 bits per heavy atom. The second-order valence-electron chi connectivity index (χ2n) is 1.32. The number of ketones is 1. The van der Waals surface area contributed by atoms with Crippen molar-refractivity contribution in [3.63, 3.8) is 0 Å². The summed E-state index contributed by atoms with van der Waals surface area (Å²) in [5.74, 6) is -2.02. The summed E-state index contributed by atoms with van der Waals surface area (Å²) in [7, 11) is 0. The summed E-state index contributed by atoms with van der Waals surface area (Å²) in [5.41, 5.74) is 0. The number of allylic oxidation sites excluding steroid dienone is 2. The molecule has 0 aromatic heterocycles. The molecule has 0 N–H and O–H groups in total. The van der Waals surface area contributed by atoms with E-state index in [0.29, 0.717) is 6.08 Å². The molecule has 0 aliphatic carbocycles. The van der Waals surface area contributed by atoms with E-state index < -0.39 is 12.0 Å². The zero-order valence-corrected chi connectivity index (χ0v) is 4.64. The molecule has 0 atom stereocenters. The fourth-order valence-electron chi connectivity index (χ4n) is 0.207. The first-order chi connectivity index (χ1) is 4.48. The van der Waals surface area contributed by atoms with Crippen LogP contribution in [0.2, 0.25) is 0 Å². The monoisotopic (exact) mass is 149 g/mol. The molecule has 0 aromatic rings. The third-order valence-corrected chi connectivity index (χ3v) is 0.589. The maximum absolute atomic E-state index is 11.3. The van der Waals surface area contributed by atoms with E-state index in [0.717, 1.165) is 0 Å². The summed E-state index contributed by atoms with van der Waals surface area (Å²) in [6.07, 6.45) is -4.21. The summed E-state index contributed by atoms with van der Waals surface area (Å²) < 4.78 is 33.8. The molecule has 0 heterocycles. The van der Waals surface area contributed by atoms with Crippen LogP contribution in [0.25, 0.3) is 0 Å². The van der Waals surface area contributed by atoms with Crippen molar-refractivity contribution >= 4 is 5.78 Å². The van der Waals surface area contributed by atoms with Crippen LogP contribution in [0.5, 0.6) is 0 Å². The van der Waals surface area contributed by atoms with Gasteiger partial charge in [-0.05, 0) is 0 Å². The number of hydrogen-bond acceptors (Lipinski definition) is 2. The van der Waals surface area contributed by atoms with Crippen LogP contribution < -0.4 is 0 Å². The number of carbonyl (C=O) groups excluding carboxylic acids is 1. The quantitative estimate of drug-likeness (QED) is 0.415. The van der Waals surface area contributed by atoms with Crippen molar-refractivity contribution < 1.29 is 18.0 Å². The molecule has 2 nitrogen and oxygen atoms in total. The molecule has 5 heteroatoms. The number of hydrogen-bond donors (Lipinski definition) is 0. The van der Waals surface area contributed by atoms with Crippen molar-refractivity contribution in [3.05, 3.63) is 12.2 Å². The molecule has 0 saturated heterocycles. The Morgan fingerprint density at radius 1 is 1.50 bits per heavy atom. The predicted octanol–water partition coefficient (Wildman–Crippen LogP) is 1.20. The van der Waals surface area contributed by atoms with E-state index in [1.54, 1.807) is 0 Å². The van der Waals surface area contributed by atoms with E-state index >= 15 is 0 Å². The lowest BCUT2D eigenvalue weighted by Gasteiger charge is -1.97. The molecule has 0 aromatic carbocycles. The van der Waals surface area contributed by atoms with Crippen molar-refractivity contribution in [2.24, 2.45) is 0 Å². The van der Waals surface area contributed by atoms with Gasteiger partial charge in [-0.2, -0.15) is 18.4 Å². The molecule has 0 radical (unpaired) electrons. The average molecular weight is 149 g/mol. The number of carbonyl (C=O) groups is 1. The van der Waals surface area contributed by atoms with Crippen molar-refractivity contribution in [1.82, 2.24) is 0 Å². The minimum absolute atomic E-state index is 0.181. The third kappa shape index (κ3) is 2.87. The van der Waals surface area contributed by atoms with Gasteiger partial charge >= 0.3 is 6.18 Å². The summed E-state index contributed by atoms with van der Waals surface area (Å²) in [6, 6.07) is 1.27. The van der Waals surface area contributed by atoms with Gasteiger partial charge in [0.1, 0.15) is 0 Å². The Labute approximate surface area is 54.6 Å². The van der Waals surface area contributed by atoms with Crippen molar-refractivity contribution in [2.75, 3.05) is 0 Å². The van der Waals surface area contributed by atoms with E-state index in [1.165, 1.54) is 6.07 Å². The van der Waals surface area contributed by atoms with Crippen LogP contribution in [0.3, 0.4) is 0 Å². The van der Waals surface area contributed by atoms with Gasteiger partial charge in [0.2, 0.25) is 0 Å². The third-order valence-electron chi connectivity index (χ3n) is 0.589. The smallest absolute Gasteiger partial charge is 0.285 e. The molecule has 0 rings (SSSR count). The minimum Gasteiger partial charge on any atom is -0.285 e. The number of halogens is 3. The van der Waals surface area contributed by atoms with Crippen molar-refractivity contribution in [3.8, 4) is 6.07 Å². The van der Waals surface area contributed by atoms with Crippen LogP contribution >= 0.6 is 0 Å². The van der Waals surface area contributed by atoms with Crippen LogP contribution in [0.1, 0.15) is 0 Å². The Balaban J connectivity index is 4.15. The SMILES string of the molecule is N#CC=CC(=O)C(F)(F)F. The van der Waals surface area contributed by atoms with E-state index in [4.69, 9.17) is 5.26 Å². The van der Waals surface area contributed by atoms with Gasteiger partial charge in [0.15, 0.2) is 0 Å². The maximum atomic E-state index is 11.3. The highest BCUT2D eigenvalue weighted by molar-refractivity contribution is 5.94. The number of rotatable bonds is 1. The summed E-state index contributed by atoms with van der Waals surface area (Å²) >= 11 is 0. The lowest BCUT2D eigenvalue weighted by molar-refractivity contribution is -0.165. The van der Waals surface area contributed by atoms with Crippen LogP contribution in [-0.4, -0.2) is 12.0 Å². The second kappa shape index (κ2) is 3.01. The summed E-state index contributed by atoms with van der Waals surface area (Å²) in [4.78, 5) is 9.86. The van der Waals surface area contributed by atoms with Gasteiger partial charge < -0.3 is 0 Å². The molecule has 0 aliphatic heterocycles. The lowest BCUT2D eigenvalue weighted by atomic mass is 10.3. The highest BCUT2D eigenvalue weighted by Crippen LogP contribution is 2.15. The molecular formula is C5H2F3NO. The lowest BCUT2D eigenvalue weighted by Crippen LogP contribution is -2.19. The number of nitrogens with zero attached hydrogens (tertiary/aromatic N) is 1. The Bertz CT molecular complexity index is 198. The van der Waals surface area contributed by atoms with Gasteiger partial charge in [-0.1, -0.05) is 0 Å².